The van der Waals surface area contributed by atoms with Crippen molar-refractivity contribution >= 4 is 5.71 Å². The van der Waals surface area contributed by atoms with E-state index in [9.17, 15) is 0 Å². The molecule has 0 spiro atoms. The van der Waals surface area contributed by atoms with Gasteiger partial charge in [0.2, 0.25) is 0 Å². The largest absolute Gasteiger partial charge is 0.493 e. The molecular weight excluding hydrogens is 314 g/mol. The van der Waals surface area contributed by atoms with Gasteiger partial charge in [0.1, 0.15) is 7.11 Å². The van der Waals surface area contributed by atoms with E-state index in [2.05, 4.69) is 24.2 Å². The number of rotatable bonds is 3. The van der Waals surface area contributed by atoms with Crippen molar-refractivity contribution in [2.45, 2.75) is 51.4 Å². The highest BCUT2D eigenvalue weighted by Gasteiger charge is 2.54. The van der Waals surface area contributed by atoms with E-state index in [1.807, 2.05) is 0 Å². The molecule has 1 aromatic rings. The van der Waals surface area contributed by atoms with Crippen molar-refractivity contribution in [1.29, 1.82) is 0 Å². The van der Waals surface area contributed by atoms with Crippen molar-refractivity contribution in [3.05, 3.63) is 23.3 Å². The zero-order valence-electron chi connectivity index (χ0n) is 15.8. The van der Waals surface area contributed by atoms with Crippen LogP contribution in [0.1, 0.15) is 56.1 Å². The summed E-state index contributed by atoms with van der Waals surface area (Å²) < 4.78 is 11.2. The minimum atomic E-state index is 0.227. The molecule has 0 amide bonds. The van der Waals surface area contributed by atoms with Crippen LogP contribution in [0.5, 0.6) is 11.5 Å². The molecule has 1 aromatic carbocycles. The fourth-order valence-electron chi connectivity index (χ4n) is 6.05. The minimum Gasteiger partial charge on any atom is -0.493 e. The fraction of sp³-hybridized carbons (Fsp3) is 0.667. The van der Waals surface area contributed by atoms with Crippen molar-refractivity contribution in [2.24, 2.45) is 22.4 Å². The maximum absolute atomic E-state index is 5.71. The summed E-state index contributed by atoms with van der Waals surface area (Å²) in [5.74, 6) is 3.91. The molecule has 0 unspecified atom stereocenters. The Morgan fingerprint density at radius 1 is 1.04 bits per heavy atom. The van der Waals surface area contributed by atoms with E-state index in [-0.39, 0.29) is 5.41 Å². The predicted molar refractivity (Wildman–Crippen MR) is 98.6 cm³/mol. The van der Waals surface area contributed by atoms with Gasteiger partial charge in [0, 0.05) is 11.0 Å². The van der Waals surface area contributed by atoms with Crippen LogP contribution in [0.3, 0.4) is 0 Å². The van der Waals surface area contributed by atoms with Gasteiger partial charge in [-0.15, -0.1) is 0 Å². The molecule has 0 N–H and O–H groups in total. The molecule has 0 heterocycles. The average Bonchev–Trinajstić information content (AvgIpc) is 2.97. The molecule has 2 saturated carbocycles. The second kappa shape index (κ2) is 6.22. The van der Waals surface area contributed by atoms with E-state index >= 15 is 0 Å². The van der Waals surface area contributed by atoms with Gasteiger partial charge in [0.05, 0.1) is 19.9 Å². The summed E-state index contributed by atoms with van der Waals surface area (Å²) in [5, 5.41) is 4.39. The number of nitrogens with zero attached hydrogens (tertiary/aromatic N) is 1. The quantitative estimate of drug-likeness (QED) is 0.755. The molecule has 3 aliphatic carbocycles. The zero-order valence-corrected chi connectivity index (χ0v) is 15.8. The summed E-state index contributed by atoms with van der Waals surface area (Å²) >= 11 is 0. The van der Waals surface area contributed by atoms with Crippen LogP contribution in [0, 0.1) is 17.3 Å². The molecule has 4 nitrogen and oxygen atoms in total. The highest BCUT2D eigenvalue weighted by atomic mass is 16.6. The van der Waals surface area contributed by atoms with Gasteiger partial charge in [0.25, 0.3) is 0 Å². The molecule has 2 fully saturated rings. The van der Waals surface area contributed by atoms with Crippen molar-refractivity contribution in [3.63, 3.8) is 0 Å². The molecule has 0 aromatic heterocycles. The van der Waals surface area contributed by atoms with E-state index in [1.165, 1.54) is 42.5 Å². The molecule has 4 atom stereocenters. The van der Waals surface area contributed by atoms with Gasteiger partial charge in [-0.3, -0.25) is 0 Å². The van der Waals surface area contributed by atoms with Crippen LogP contribution in [0.25, 0.3) is 0 Å². The Hall–Kier alpha value is -1.71. The maximum Gasteiger partial charge on any atom is 0.164 e. The third kappa shape index (κ3) is 2.37. The molecule has 4 rings (SSSR count). The number of methoxy groups -OCH3 is 2. The highest BCUT2D eigenvalue weighted by molar-refractivity contribution is 5.92. The Kier molecular flexibility index (Phi) is 4.17. The lowest BCUT2D eigenvalue weighted by Crippen LogP contribution is -2.42. The molecule has 4 heteroatoms. The van der Waals surface area contributed by atoms with Gasteiger partial charge in [-0.05, 0) is 67.9 Å². The van der Waals surface area contributed by atoms with Crippen LogP contribution in [-0.2, 0) is 11.3 Å². The summed E-state index contributed by atoms with van der Waals surface area (Å²) in [6.45, 7) is 2.42. The van der Waals surface area contributed by atoms with Crippen LogP contribution in [0.2, 0.25) is 0 Å². The van der Waals surface area contributed by atoms with Gasteiger partial charge in [-0.2, -0.15) is 0 Å². The SMILES string of the molecule is CON=C1CC[C@H]2[C@@H]3CCc4c(ccc(OC)c4OC)[C@H]3CC[C@]12C. The van der Waals surface area contributed by atoms with Crippen LogP contribution in [0.4, 0.5) is 0 Å². The first-order valence-corrected chi connectivity index (χ1v) is 9.48. The number of oxime groups is 1. The van der Waals surface area contributed by atoms with Gasteiger partial charge in [-0.25, -0.2) is 0 Å². The molecule has 0 aliphatic heterocycles. The molecule has 3 aliphatic rings. The lowest BCUT2D eigenvalue weighted by Gasteiger charge is -2.49. The number of ether oxygens (including phenoxy) is 2. The van der Waals surface area contributed by atoms with Crippen LogP contribution >= 0.6 is 0 Å². The Balaban J connectivity index is 1.70. The number of fused-ring (bicyclic) bond motifs is 5. The monoisotopic (exact) mass is 343 g/mol. The Morgan fingerprint density at radius 2 is 1.88 bits per heavy atom. The van der Waals surface area contributed by atoms with Gasteiger partial charge in [-0.1, -0.05) is 18.1 Å². The highest BCUT2D eigenvalue weighted by Crippen LogP contribution is 2.60. The third-order valence-electron chi connectivity index (χ3n) is 7.19. The maximum atomic E-state index is 5.71. The van der Waals surface area contributed by atoms with Crippen molar-refractivity contribution in [1.82, 2.24) is 0 Å². The van der Waals surface area contributed by atoms with Crippen molar-refractivity contribution in [2.75, 3.05) is 21.3 Å². The van der Waals surface area contributed by atoms with E-state index in [0.29, 0.717) is 5.92 Å². The molecule has 0 saturated heterocycles. The van der Waals surface area contributed by atoms with E-state index < -0.39 is 0 Å². The Labute approximate surface area is 150 Å². The summed E-state index contributed by atoms with van der Waals surface area (Å²) in [4.78, 5) is 5.15. The van der Waals surface area contributed by atoms with Gasteiger partial charge >= 0.3 is 0 Å². The summed E-state index contributed by atoms with van der Waals surface area (Å²) in [6, 6.07) is 4.37. The minimum absolute atomic E-state index is 0.227. The summed E-state index contributed by atoms with van der Waals surface area (Å²) in [6.07, 6.45) is 7.10. The van der Waals surface area contributed by atoms with E-state index in [1.54, 1.807) is 21.3 Å². The Morgan fingerprint density at radius 3 is 2.60 bits per heavy atom. The zero-order chi connectivity index (χ0) is 17.6. The molecule has 0 radical (unpaired) electrons. The normalized spacial score (nSPS) is 34.9. The second-order valence-electron chi connectivity index (χ2n) is 8.00. The first kappa shape index (κ1) is 16.7. The predicted octanol–water partition coefficient (Wildman–Crippen LogP) is 4.56. The molecule has 136 valence electrons. The molecular formula is C21H29NO3. The number of hydrogen-bond acceptors (Lipinski definition) is 4. The van der Waals surface area contributed by atoms with Crippen LogP contribution in [-0.4, -0.2) is 27.0 Å². The topological polar surface area (TPSA) is 40.0 Å². The summed E-state index contributed by atoms with van der Waals surface area (Å²) in [5.41, 5.74) is 4.38. The molecule has 0 bridgehead atoms. The lowest BCUT2D eigenvalue weighted by molar-refractivity contribution is 0.0919. The summed E-state index contributed by atoms with van der Waals surface area (Å²) in [7, 11) is 5.15. The van der Waals surface area contributed by atoms with Crippen LogP contribution in [0.15, 0.2) is 17.3 Å². The fourth-order valence-corrected chi connectivity index (χ4v) is 6.05. The van der Waals surface area contributed by atoms with Crippen molar-refractivity contribution in [3.8, 4) is 11.5 Å². The van der Waals surface area contributed by atoms with Gasteiger partial charge < -0.3 is 14.3 Å². The second-order valence-corrected chi connectivity index (χ2v) is 8.00. The van der Waals surface area contributed by atoms with E-state index in [4.69, 9.17) is 14.3 Å². The standard InChI is InChI=1S/C21H29NO3/c1-21-12-11-14-13-7-9-18(23-2)20(24-3)16(13)6-5-15(14)17(21)8-10-19(21)22-25-4/h7,9,14-15,17H,5-6,8,10-12H2,1-4H3/t14-,15-,17+,21+/m1/s1. The van der Waals surface area contributed by atoms with Gasteiger partial charge in [0.15, 0.2) is 11.5 Å². The third-order valence-corrected chi connectivity index (χ3v) is 7.19. The smallest absolute Gasteiger partial charge is 0.164 e. The average molecular weight is 343 g/mol. The number of hydrogen-bond donors (Lipinski definition) is 0. The van der Waals surface area contributed by atoms with E-state index in [0.717, 1.165) is 36.2 Å². The number of benzene rings is 1. The van der Waals surface area contributed by atoms with Crippen LogP contribution < -0.4 is 9.47 Å². The van der Waals surface area contributed by atoms with Crippen molar-refractivity contribution < 1.29 is 14.3 Å². The molecule has 25 heavy (non-hydrogen) atoms. The first-order chi connectivity index (χ1) is 12.1. The lowest BCUT2D eigenvalue weighted by atomic mass is 9.55. The Bertz CT molecular complexity index is 699. The first-order valence-electron chi connectivity index (χ1n) is 9.48.